The number of aliphatic carboxylic acids is 1. The number of nitrogens with one attached hydrogen (secondary N) is 1. The van der Waals surface area contributed by atoms with E-state index in [-0.39, 0.29) is 11.4 Å². The van der Waals surface area contributed by atoms with E-state index in [9.17, 15) is 14.0 Å². The molecule has 0 saturated carbocycles. The normalized spacial score (nSPS) is 10.1. The average Bonchev–Trinajstić information content (AvgIpc) is 2.41. The Kier molecular flexibility index (Phi) is 3.84. The molecule has 0 atom stereocenters. The van der Waals surface area contributed by atoms with Crippen molar-refractivity contribution in [2.75, 3.05) is 5.32 Å². The van der Waals surface area contributed by atoms with Crippen molar-refractivity contribution in [2.45, 2.75) is 0 Å². The molecule has 0 radical (unpaired) electrons. The van der Waals surface area contributed by atoms with E-state index in [1.165, 1.54) is 30.3 Å². The summed E-state index contributed by atoms with van der Waals surface area (Å²) in [4.78, 5) is 22.4. The van der Waals surface area contributed by atoms with Crippen molar-refractivity contribution in [3.8, 4) is 0 Å². The molecule has 6 heteroatoms. The fourth-order valence-electron chi connectivity index (χ4n) is 1.76. The Morgan fingerprint density at radius 1 is 1.10 bits per heavy atom. The minimum absolute atomic E-state index is 0.0624. The largest absolute Gasteiger partial charge is 0.475 e. The van der Waals surface area contributed by atoms with Crippen molar-refractivity contribution < 1.29 is 19.1 Å². The Bertz CT molecular complexity index is 671. The molecule has 4 nitrogen and oxygen atoms in total. The van der Waals surface area contributed by atoms with Crippen molar-refractivity contribution in [2.24, 2.45) is 0 Å². The van der Waals surface area contributed by atoms with Gasteiger partial charge in [-0.25, -0.2) is 9.18 Å². The Morgan fingerprint density at radius 3 is 2.35 bits per heavy atom. The van der Waals surface area contributed by atoms with Gasteiger partial charge in [-0.1, -0.05) is 11.5 Å². The lowest BCUT2D eigenvalue weighted by Crippen LogP contribution is -2.16. The van der Waals surface area contributed by atoms with E-state index in [0.717, 1.165) is 5.46 Å². The van der Waals surface area contributed by atoms with Crippen molar-refractivity contribution in [3.63, 3.8) is 0 Å². The second-order valence-corrected chi connectivity index (χ2v) is 4.32. The zero-order valence-corrected chi connectivity index (χ0v) is 10.7. The number of carboxylic acids is 1. The third kappa shape index (κ3) is 3.03. The number of ketones is 1. The fraction of sp³-hybridized carbons (Fsp3) is 0. The van der Waals surface area contributed by atoms with Crippen LogP contribution >= 0.6 is 0 Å². The van der Waals surface area contributed by atoms with Gasteiger partial charge in [-0.15, -0.1) is 0 Å². The summed E-state index contributed by atoms with van der Waals surface area (Å²) < 4.78 is 12.8. The highest BCUT2D eigenvalue weighted by Crippen LogP contribution is 2.20. The first-order valence-electron chi connectivity index (χ1n) is 5.88. The number of benzene rings is 2. The quantitative estimate of drug-likeness (QED) is 0.496. The summed E-state index contributed by atoms with van der Waals surface area (Å²) in [6.07, 6.45) is 0. The molecule has 0 aliphatic heterocycles. The van der Waals surface area contributed by atoms with Crippen LogP contribution in [0.2, 0.25) is 0 Å². The van der Waals surface area contributed by atoms with Crippen molar-refractivity contribution in [1.82, 2.24) is 0 Å². The first-order chi connectivity index (χ1) is 9.47. The van der Waals surface area contributed by atoms with Gasteiger partial charge in [-0.05, 0) is 36.4 Å². The molecule has 0 fully saturated rings. The Morgan fingerprint density at radius 2 is 1.75 bits per heavy atom. The summed E-state index contributed by atoms with van der Waals surface area (Å²) >= 11 is 0. The van der Waals surface area contributed by atoms with Gasteiger partial charge in [0.15, 0.2) is 0 Å². The highest BCUT2D eigenvalue weighted by molar-refractivity contribution is 6.41. The second-order valence-electron chi connectivity index (χ2n) is 4.32. The average molecular weight is 271 g/mol. The molecule has 0 aromatic heterocycles. The number of hydrogen-bond donors (Lipinski definition) is 2. The number of carboxylic acid groups (broad SMARTS) is 1. The summed E-state index contributed by atoms with van der Waals surface area (Å²) in [5.41, 5.74) is 1.88. The molecule has 2 aromatic carbocycles. The van der Waals surface area contributed by atoms with E-state index < -0.39 is 11.8 Å². The van der Waals surface area contributed by atoms with Gasteiger partial charge < -0.3 is 10.4 Å². The zero-order chi connectivity index (χ0) is 14.7. The highest BCUT2D eigenvalue weighted by atomic mass is 19.1. The van der Waals surface area contributed by atoms with Crippen LogP contribution < -0.4 is 10.8 Å². The van der Waals surface area contributed by atoms with Crippen LogP contribution in [0.25, 0.3) is 0 Å². The van der Waals surface area contributed by atoms with Crippen LogP contribution in [0.1, 0.15) is 10.4 Å². The summed E-state index contributed by atoms with van der Waals surface area (Å²) in [5.74, 6) is -2.88. The Hall–Kier alpha value is -2.63. The third-order valence-electron chi connectivity index (χ3n) is 2.74. The maximum Gasteiger partial charge on any atom is 0.377 e. The SMILES string of the molecule is Bc1ccc(C(=O)C(=O)O)c(Nc2ccc(F)cc2)c1. The van der Waals surface area contributed by atoms with Gasteiger partial charge in [-0.2, -0.15) is 0 Å². The smallest absolute Gasteiger partial charge is 0.377 e. The third-order valence-corrected chi connectivity index (χ3v) is 2.74. The van der Waals surface area contributed by atoms with E-state index in [0.29, 0.717) is 11.4 Å². The van der Waals surface area contributed by atoms with E-state index in [1.807, 2.05) is 7.85 Å². The molecule has 0 aliphatic carbocycles. The molecule has 0 amide bonds. The molecule has 20 heavy (non-hydrogen) atoms. The van der Waals surface area contributed by atoms with Crippen molar-refractivity contribution in [3.05, 3.63) is 53.8 Å². The van der Waals surface area contributed by atoms with E-state index in [2.05, 4.69) is 5.32 Å². The molecule has 2 aromatic rings. The number of carbonyl (C=O) groups is 2. The van der Waals surface area contributed by atoms with Gasteiger partial charge in [0.1, 0.15) is 13.7 Å². The predicted molar refractivity (Wildman–Crippen MR) is 76.3 cm³/mol. The number of carbonyl (C=O) groups excluding carboxylic acids is 1. The lowest BCUT2D eigenvalue weighted by molar-refractivity contribution is -0.131. The van der Waals surface area contributed by atoms with E-state index in [4.69, 9.17) is 5.11 Å². The number of hydrogen-bond acceptors (Lipinski definition) is 3. The number of Topliss-reactive ketones (excluding diaryl/α,β-unsaturated/α-hetero) is 1. The van der Waals surface area contributed by atoms with Crippen LogP contribution in [0.15, 0.2) is 42.5 Å². The monoisotopic (exact) mass is 271 g/mol. The minimum atomic E-state index is -1.52. The lowest BCUT2D eigenvalue weighted by Gasteiger charge is -2.11. The standard InChI is InChI=1S/C14H11BFNO3/c15-8-1-6-11(13(18)14(19)20)12(7-8)17-10-4-2-9(16)3-5-10/h1-7,17H,15H2,(H,19,20). The molecule has 0 unspecified atom stereocenters. The van der Waals surface area contributed by atoms with E-state index in [1.54, 1.807) is 12.1 Å². The van der Waals surface area contributed by atoms with Crippen LogP contribution in [-0.4, -0.2) is 24.7 Å². The molecule has 0 aliphatic rings. The van der Waals surface area contributed by atoms with Crippen LogP contribution in [0.4, 0.5) is 15.8 Å². The molecule has 0 bridgehead atoms. The zero-order valence-electron chi connectivity index (χ0n) is 10.7. The summed E-state index contributed by atoms with van der Waals surface area (Å²) in [5, 5.41) is 11.7. The van der Waals surface area contributed by atoms with Gasteiger partial charge in [0.05, 0.1) is 5.56 Å². The van der Waals surface area contributed by atoms with Crippen LogP contribution in [0.5, 0.6) is 0 Å². The minimum Gasteiger partial charge on any atom is -0.475 e. The Labute approximate surface area is 115 Å². The summed E-state index contributed by atoms with van der Waals surface area (Å²) in [6, 6.07) is 10.3. The number of anilines is 2. The fourth-order valence-corrected chi connectivity index (χ4v) is 1.76. The summed E-state index contributed by atoms with van der Waals surface area (Å²) in [6.45, 7) is 0. The van der Waals surface area contributed by atoms with Crippen LogP contribution in [0.3, 0.4) is 0 Å². The van der Waals surface area contributed by atoms with Gasteiger partial charge in [0.2, 0.25) is 0 Å². The van der Waals surface area contributed by atoms with Crippen molar-refractivity contribution in [1.29, 1.82) is 0 Å². The van der Waals surface area contributed by atoms with Gasteiger partial charge in [-0.3, -0.25) is 4.79 Å². The van der Waals surface area contributed by atoms with Gasteiger partial charge in [0.25, 0.3) is 5.78 Å². The molecule has 2 rings (SSSR count). The molecule has 0 spiro atoms. The molecular weight excluding hydrogens is 260 g/mol. The van der Waals surface area contributed by atoms with Crippen LogP contribution in [-0.2, 0) is 4.79 Å². The second kappa shape index (κ2) is 5.56. The molecule has 2 N–H and O–H groups in total. The first-order valence-corrected chi connectivity index (χ1v) is 5.88. The summed E-state index contributed by atoms with van der Waals surface area (Å²) in [7, 11) is 1.82. The molecule has 0 heterocycles. The van der Waals surface area contributed by atoms with Gasteiger partial charge >= 0.3 is 5.97 Å². The highest BCUT2D eigenvalue weighted by Gasteiger charge is 2.18. The molecular formula is C14H11BFNO3. The lowest BCUT2D eigenvalue weighted by atomic mass is 9.93. The van der Waals surface area contributed by atoms with Crippen LogP contribution in [0, 0.1) is 5.82 Å². The maximum absolute atomic E-state index is 12.8. The van der Waals surface area contributed by atoms with E-state index >= 15 is 0 Å². The molecule has 0 saturated heterocycles. The van der Waals surface area contributed by atoms with Crippen molar-refractivity contribution >= 4 is 36.4 Å². The Balaban J connectivity index is 2.39. The predicted octanol–water partition coefficient (Wildman–Crippen LogP) is 1.09. The number of rotatable bonds is 4. The van der Waals surface area contributed by atoms with Gasteiger partial charge in [0, 0.05) is 11.4 Å². The number of halogens is 1. The first kappa shape index (κ1) is 13.8. The maximum atomic E-state index is 12.8. The topological polar surface area (TPSA) is 66.4 Å². The molecule has 100 valence electrons.